The highest BCUT2D eigenvalue weighted by atomic mass is 16.5. The van der Waals surface area contributed by atoms with E-state index in [2.05, 4.69) is 27.4 Å². The van der Waals surface area contributed by atoms with Gasteiger partial charge < -0.3 is 19.7 Å². The van der Waals surface area contributed by atoms with Crippen molar-refractivity contribution in [2.24, 2.45) is 0 Å². The second-order valence-corrected chi connectivity index (χ2v) is 8.48. The minimum Gasteiger partial charge on any atom is -0.493 e. The molecule has 1 amide bonds. The smallest absolute Gasteiger partial charge is 0.272 e. The molecule has 0 fully saturated rings. The van der Waals surface area contributed by atoms with Gasteiger partial charge in [-0.05, 0) is 55.1 Å². The molecule has 7 nitrogen and oxygen atoms in total. The molecule has 0 saturated heterocycles. The zero-order valence-corrected chi connectivity index (χ0v) is 20.5. The SMILES string of the molecule is COc1ccc(-c2cn(-c3ccccc3)nc2C(=O)NCc2ccc(CN(C)C)cc2)cc1OC. The van der Waals surface area contributed by atoms with E-state index in [-0.39, 0.29) is 5.91 Å². The molecular weight excluding hydrogens is 440 g/mol. The van der Waals surface area contributed by atoms with Crippen molar-refractivity contribution in [2.75, 3.05) is 28.3 Å². The van der Waals surface area contributed by atoms with Crippen molar-refractivity contribution in [2.45, 2.75) is 13.1 Å². The molecule has 0 aliphatic heterocycles. The predicted octanol–water partition coefficient (Wildman–Crippen LogP) is 4.55. The molecule has 0 saturated carbocycles. The quantitative estimate of drug-likeness (QED) is 0.389. The Morgan fingerprint density at radius 1 is 0.914 bits per heavy atom. The lowest BCUT2D eigenvalue weighted by Gasteiger charge is -2.11. The van der Waals surface area contributed by atoms with E-state index in [1.165, 1.54) is 5.56 Å². The fourth-order valence-corrected chi connectivity index (χ4v) is 3.86. The zero-order chi connectivity index (χ0) is 24.8. The van der Waals surface area contributed by atoms with Crippen molar-refractivity contribution < 1.29 is 14.3 Å². The molecule has 1 heterocycles. The van der Waals surface area contributed by atoms with Crippen molar-refractivity contribution in [3.05, 3.63) is 95.8 Å². The van der Waals surface area contributed by atoms with Crippen molar-refractivity contribution in [3.8, 4) is 28.3 Å². The number of carbonyl (C=O) groups is 1. The Bertz CT molecular complexity index is 1280. The normalized spacial score (nSPS) is 10.9. The number of hydrogen-bond donors (Lipinski definition) is 1. The van der Waals surface area contributed by atoms with Crippen LogP contribution in [0.2, 0.25) is 0 Å². The summed E-state index contributed by atoms with van der Waals surface area (Å²) in [6.45, 7) is 1.28. The third-order valence-electron chi connectivity index (χ3n) is 5.62. The molecule has 180 valence electrons. The van der Waals surface area contributed by atoms with Gasteiger partial charge >= 0.3 is 0 Å². The van der Waals surface area contributed by atoms with Crippen LogP contribution in [0.15, 0.2) is 79.0 Å². The number of aromatic nitrogens is 2. The Morgan fingerprint density at radius 3 is 2.26 bits per heavy atom. The molecule has 4 rings (SSSR count). The largest absolute Gasteiger partial charge is 0.493 e. The van der Waals surface area contributed by atoms with Crippen LogP contribution in [0, 0.1) is 0 Å². The van der Waals surface area contributed by atoms with E-state index in [0.717, 1.165) is 23.4 Å². The molecule has 0 unspecified atom stereocenters. The third kappa shape index (κ3) is 5.70. The van der Waals surface area contributed by atoms with Gasteiger partial charge in [0.1, 0.15) is 0 Å². The van der Waals surface area contributed by atoms with Gasteiger partial charge in [0.2, 0.25) is 0 Å². The maximum atomic E-state index is 13.3. The standard InChI is InChI=1S/C28H30N4O3/c1-31(2)18-21-12-10-20(11-13-21)17-29-28(33)27-24(19-32(30-27)23-8-6-5-7-9-23)22-14-15-25(34-3)26(16-22)35-4/h5-16,19H,17-18H2,1-4H3,(H,29,33). The Balaban J connectivity index is 1.62. The number of nitrogens with zero attached hydrogens (tertiary/aromatic N) is 3. The third-order valence-corrected chi connectivity index (χ3v) is 5.62. The Morgan fingerprint density at radius 2 is 1.60 bits per heavy atom. The van der Waals surface area contributed by atoms with Crippen LogP contribution in [0.3, 0.4) is 0 Å². The molecular formula is C28H30N4O3. The average molecular weight is 471 g/mol. The van der Waals surface area contributed by atoms with Crippen LogP contribution >= 0.6 is 0 Å². The molecule has 0 aliphatic carbocycles. The molecule has 1 aromatic heterocycles. The summed E-state index contributed by atoms with van der Waals surface area (Å²) in [7, 11) is 7.26. The summed E-state index contributed by atoms with van der Waals surface area (Å²) in [6, 6.07) is 23.5. The van der Waals surface area contributed by atoms with Crippen LogP contribution in [0.25, 0.3) is 16.8 Å². The second-order valence-electron chi connectivity index (χ2n) is 8.48. The molecule has 0 spiro atoms. The number of methoxy groups -OCH3 is 2. The number of hydrogen-bond acceptors (Lipinski definition) is 5. The lowest BCUT2D eigenvalue weighted by Crippen LogP contribution is -2.24. The van der Waals surface area contributed by atoms with Gasteiger partial charge in [-0.25, -0.2) is 4.68 Å². The minimum atomic E-state index is -0.248. The molecule has 35 heavy (non-hydrogen) atoms. The van der Waals surface area contributed by atoms with E-state index >= 15 is 0 Å². The Hall–Kier alpha value is -4.10. The van der Waals surface area contributed by atoms with Crippen molar-refractivity contribution in [3.63, 3.8) is 0 Å². The number of nitrogens with one attached hydrogen (secondary N) is 1. The van der Waals surface area contributed by atoms with Gasteiger partial charge in [-0.15, -0.1) is 0 Å². The van der Waals surface area contributed by atoms with E-state index in [1.807, 2.05) is 81.0 Å². The average Bonchev–Trinajstić information content (AvgIpc) is 3.33. The molecule has 0 aliphatic rings. The summed E-state index contributed by atoms with van der Waals surface area (Å²) >= 11 is 0. The van der Waals surface area contributed by atoms with Crippen LogP contribution in [-0.2, 0) is 13.1 Å². The first kappa shape index (κ1) is 24.0. The van der Waals surface area contributed by atoms with Gasteiger partial charge in [-0.1, -0.05) is 48.5 Å². The van der Waals surface area contributed by atoms with Crippen LogP contribution in [0.5, 0.6) is 11.5 Å². The van der Waals surface area contributed by atoms with Crippen molar-refractivity contribution in [1.29, 1.82) is 0 Å². The molecule has 1 N–H and O–H groups in total. The molecule has 0 radical (unpaired) electrons. The van der Waals surface area contributed by atoms with Gasteiger partial charge in [0.25, 0.3) is 5.91 Å². The highest BCUT2D eigenvalue weighted by molar-refractivity contribution is 5.99. The number of rotatable bonds is 9. The van der Waals surface area contributed by atoms with Gasteiger partial charge in [0.05, 0.1) is 19.9 Å². The zero-order valence-electron chi connectivity index (χ0n) is 20.5. The molecule has 4 aromatic rings. The molecule has 7 heteroatoms. The van der Waals surface area contributed by atoms with E-state index < -0.39 is 0 Å². The van der Waals surface area contributed by atoms with Crippen LogP contribution in [0.1, 0.15) is 21.6 Å². The number of ether oxygens (including phenoxy) is 2. The van der Waals surface area contributed by atoms with Crippen molar-refractivity contribution in [1.82, 2.24) is 20.0 Å². The predicted molar refractivity (Wildman–Crippen MR) is 137 cm³/mol. The minimum absolute atomic E-state index is 0.248. The van der Waals surface area contributed by atoms with Crippen LogP contribution in [-0.4, -0.2) is 48.9 Å². The Labute approximate surface area is 205 Å². The molecule has 0 atom stereocenters. The Kier molecular flexibility index (Phi) is 7.48. The highest BCUT2D eigenvalue weighted by Crippen LogP contribution is 2.34. The van der Waals surface area contributed by atoms with Crippen LogP contribution < -0.4 is 14.8 Å². The fourth-order valence-electron chi connectivity index (χ4n) is 3.86. The maximum absolute atomic E-state index is 13.3. The lowest BCUT2D eigenvalue weighted by atomic mass is 10.1. The summed E-state index contributed by atoms with van der Waals surface area (Å²) < 4.78 is 12.6. The van der Waals surface area contributed by atoms with E-state index in [4.69, 9.17) is 9.47 Å². The first-order valence-electron chi connectivity index (χ1n) is 11.4. The number of carbonyl (C=O) groups excluding carboxylic acids is 1. The van der Waals surface area contributed by atoms with Gasteiger partial charge in [-0.2, -0.15) is 5.10 Å². The number of para-hydroxylation sites is 1. The summed E-state index contributed by atoms with van der Waals surface area (Å²) in [5.41, 5.74) is 4.96. The van der Waals surface area contributed by atoms with Crippen LogP contribution in [0.4, 0.5) is 0 Å². The van der Waals surface area contributed by atoms with Gasteiger partial charge in [-0.3, -0.25) is 4.79 Å². The van der Waals surface area contributed by atoms with Gasteiger partial charge in [0, 0.05) is 24.8 Å². The summed E-state index contributed by atoms with van der Waals surface area (Å²) in [5.74, 6) is 0.957. The lowest BCUT2D eigenvalue weighted by molar-refractivity contribution is 0.0946. The highest BCUT2D eigenvalue weighted by Gasteiger charge is 2.20. The van der Waals surface area contributed by atoms with Crippen molar-refractivity contribution >= 4 is 5.91 Å². The fraction of sp³-hybridized carbons (Fsp3) is 0.214. The molecule has 3 aromatic carbocycles. The monoisotopic (exact) mass is 470 g/mol. The van der Waals surface area contributed by atoms with E-state index in [0.29, 0.717) is 29.3 Å². The van der Waals surface area contributed by atoms with E-state index in [9.17, 15) is 4.79 Å². The number of benzene rings is 3. The van der Waals surface area contributed by atoms with E-state index in [1.54, 1.807) is 18.9 Å². The topological polar surface area (TPSA) is 68.6 Å². The first-order chi connectivity index (χ1) is 17.0. The first-order valence-corrected chi connectivity index (χ1v) is 11.4. The number of amides is 1. The van der Waals surface area contributed by atoms with Gasteiger partial charge in [0.15, 0.2) is 17.2 Å². The maximum Gasteiger partial charge on any atom is 0.272 e. The molecule has 0 bridgehead atoms. The summed E-state index contributed by atoms with van der Waals surface area (Å²) in [6.07, 6.45) is 1.86. The second kappa shape index (κ2) is 10.9. The summed E-state index contributed by atoms with van der Waals surface area (Å²) in [4.78, 5) is 15.4. The summed E-state index contributed by atoms with van der Waals surface area (Å²) in [5, 5.41) is 7.66.